The second-order valence-corrected chi connectivity index (χ2v) is 8.50. The van der Waals surface area contributed by atoms with Crippen LogP contribution in [0.2, 0.25) is 0 Å². The van der Waals surface area contributed by atoms with Gasteiger partial charge in [0.05, 0.1) is 24.1 Å². The number of nitrogens with one attached hydrogen (secondary N) is 1. The maximum atomic E-state index is 14.9. The zero-order valence-corrected chi connectivity index (χ0v) is 17.8. The van der Waals surface area contributed by atoms with Gasteiger partial charge < -0.3 is 15.3 Å². The van der Waals surface area contributed by atoms with E-state index in [0.717, 1.165) is 30.7 Å². The number of nitrogens with zero attached hydrogens (tertiary/aromatic N) is 6. The molecule has 0 saturated carbocycles. The van der Waals surface area contributed by atoms with E-state index in [1.165, 1.54) is 0 Å². The molecule has 2 saturated heterocycles. The highest BCUT2D eigenvalue weighted by molar-refractivity contribution is 5.71. The first-order chi connectivity index (χ1) is 14.9. The minimum Gasteiger partial charge on any atom is -0.507 e. The van der Waals surface area contributed by atoms with Gasteiger partial charge in [0.25, 0.3) is 0 Å². The molecule has 8 nitrogen and oxygen atoms in total. The Bertz CT molecular complexity index is 1080. The standard InChI is InChI=1S/C22H26FN7O/c1-12-26-22(28-30(12)3)13-4-6-15(19(31)8-13)17-10-25-20(11-24-17)29(2)18-9-14-5-7-16(27-14)21(18)23/h4,6,8,10-11,14,16,18,21,27,31H,5,7,9H2,1-3H3/t14-,16+,18-,21+/m0/s1. The normalized spacial score (nSPS) is 25.0. The van der Waals surface area contributed by atoms with Crippen LogP contribution in [0.3, 0.4) is 0 Å². The Morgan fingerprint density at radius 1 is 1.23 bits per heavy atom. The van der Waals surface area contributed by atoms with Gasteiger partial charge >= 0.3 is 0 Å². The molecule has 4 atom stereocenters. The van der Waals surface area contributed by atoms with Crippen molar-refractivity contribution >= 4 is 5.82 Å². The molecule has 2 fully saturated rings. The number of phenolic OH excluding ortho intramolecular Hbond substituents is 1. The van der Waals surface area contributed by atoms with Crippen molar-refractivity contribution in [3.05, 3.63) is 36.4 Å². The van der Waals surface area contributed by atoms with Crippen LogP contribution in [-0.2, 0) is 7.05 Å². The molecule has 5 rings (SSSR count). The van der Waals surface area contributed by atoms with Gasteiger partial charge in [0.1, 0.15) is 23.6 Å². The molecule has 31 heavy (non-hydrogen) atoms. The fraction of sp³-hybridized carbons (Fsp3) is 0.455. The van der Waals surface area contributed by atoms with Gasteiger partial charge in [0, 0.05) is 37.3 Å². The Balaban J connectivity index is 1.36. The van der Waals surface area contributed by atoms with Crippen molar-refractivity contribution < 1.29 is 9.50 Å². The number of anilines is 1. The molecule has 0 unspecified atom stereocenters. The van der Waals surface area contributed by atoms with Crippen LogP contribution in [0.5, 0.6) is 5.75 Å². The van der Waals surface area contributed by atoms with Crippen molar-refractivity contribution in [3.63, 3.8) is 0 Å². The lowest BCUT2D eigenvalue weighted by Gasteiger charge is -2.38. The highest BCUT2D eigenvalue weighted by Gasteiger charge is 2.43. The molecule has 4 heterocycles. The maximum absolute atomic E-state index is 14.9. The summed E-state index contributed by atoms with van der Waals surface area (Å²) < 4.78 is 16.6. The number of alkyl halides is 1. The fourth-order valence-corrected chi connectivity index (χ4v) is 4.63. The van der Waals surface area contributed by atoms with Crippen molar-refractivity contribution in [2.45, 2.75) is 50.5 Å². The van der Waals surface area contributed by atoms with E-state index in [0.29, 0.717) is 28.9 Å². The number of hydrogen-bond acceptors (Lipinski definition) is 7. The van der Waals surface area contributed by atoms with Crippen molar-refractivity contribution in [2.75, 3.05) is 11.9 Å². The van der Waals surface area contributed by atoms with Crippen molar-refractivity contribution in [1.29, 1.82) is 0 Å². The zero-order chi connectivity index (χ0) is 21.7. The Labute approximate surface area is 180 Å². The van der Waals surface area contributed by atoms with Crippen LogP contribution in [0, 0.1) is 6.92 Å². The molecular formula is C22H26FN7O. The highest BCUT2D eigenvalue weighted by atomic mass is 19.1. The highest BCUT2D eigenvalue weighted by Crippen LogP contribution is 2.34. The van der Waals surface area contributed by atoms with E-state index in [1.807, 2.05) is 32.0 Å². The first kappa shape index (κ1) is 19.9. The van der Waals surface area contributed by atoms with Gasteiger partial charge in [-0.1, -0.05) is 6.07 Å². The lowest BCUT2D eigenvalue weighted by atomic mass is 9.96. The average Bonchev–Trinajstić information content (AvgIpc) is 3.34. The molecule has 162 valence electrons. The van der Waals surface area contributed by atoms with Gasteiger partial charge in [-0.05, 0) is 38.3 Å². The van der Waals surface area contributed by atoms with Gasteiger partial charge in [-0.2, -0.15) is 5.10 Å². The van der Waals surface area contributed by atoms with Crippen LogP contribution in [0.15, 0.2) is 30.6 Å². The third kappa shape index (κ3) is 3.52. The van der Waals surface area contributed by atoms with Crippen LogP contribution in [-0.4, -0.2) is 61.2 Å². The average molecular weight is 423 g/mol. The van der Waals surface area contributed by atoms with Gasteiger partial charge in [-0.15, -0.1) is 0 Å². The largest absolute Gasteiger partial charge is 0.507 e. The van der Waals surface area contributed by atoms with Crippen LogP contribution in [0.4, 0.5) is 10.2 Å². The number of aromatic hydroxyl groups is 1. The fourth-order valence-electron chi connectivity index (χ4n) is 4.63. The van der Waals surface area contributed by atoms with Crippen molar-refractivity contribution in [3.8, 4) is 28.4 Å². The number of benzene rings is 1. The summed E-state index contributed by atoms with van der Waals surface area (Å²) in [6, 6.07) is 5.37. The topological polar surface area (TPSA) is 92.0 Å². The second-order valence-electron chi connectivity index (χ2n) is 8.50. The van der Waals surface area contributed by atoms with E-state index in [9.17, 15) is 9.50 Å². The van der Waals surface area contributed by atoms with E-state index >= 15 is 0 Å². The van der Waals surface area contributed by atoms with E-state index < -0.39 is 6.17 Å². The van der Waals surface area contributed by atoms with Crippen LogP contribution < -0.4 is 10.2 Å². The van der Waals surface area contributed by atoms with Crippen molar-refractivity contribution in [1.82, 2.24) is 30.0 Å². The third-order valence-electron chi connectivity index (χ3n) is 6.56. The second kappa shape index (κ2) is 7.56. The van der Waals surface area contributed by atoms with Gasteiger partial charge in [-0.25, -0.2) is 14.4 Å². The summed E-state index contributed by atoms with van der Waals surface area (Å²) in [6.07, 6.45) is 5.02. The van der Waals surface area contributed by atoms with Gasteiger partial charge in [0.2, 0.25) is 0 Å². The van der Waals surface area contributed by atoms with E-state index in [4.69, 9.17) is 0 Å². The molecule has 0 spiro atoms. The molecule has 3 aromatic rings. The quantitative estimate of drug-likeness (QED) is 0.666. The Kier molecular flexibility index (Phi) is 4.85. The minimum atomic E-state index is -0.925. The predicted octanol–water partition coefficient (Wildman–Crippen LogP) is 2.62. The molecule has 0 radical (unpaired) electrons. The minimum absolute atomic E-state index is 0.0636. The summed E-state index contributed by atoms with van der Waals surface area (Å²) in [7, 11) is 3.70. The Morgan fingerprint density at radius 2 is 2.06 bits per heavy atom. The summed E-state index contributed by atoms with van der Waals surface area (Å²) in [5, 5.41) is 18.3. The summed E-state index contributed by atoms with van der Waals surface area (Å²) in [6.45, 7) is 1.87. The number of phenols is 1. The summed E-state index contributed by atoms with van der Waals surface area (Å²) in [4.78, 5) is 15.3. The zero-order valence-electron chi connectivity index (χ0n) is 17.8. The van der Waals surface area contributed by atoms with Crippen LogP contribution in [0.1, 0.15) is 25.1 Å². The van der Waals surface area contributed by atoms with E-state index in [-0.39, 0.29) is 17.8 Å². The Hall–Kier alpha value is -3.07. The third-order valence-corrected chi connectivity index (χ3v) is 6.56. The summed E-state index contributed by atoms with van der Waals surface area (Å²) in [5.74, 6) is 2.06. The molecule has 2 N–H and O–H groups in total. The van der Waals surface area contributed by atoms with E-state index in [1.54, 1.807) is 29.2 Å². The first-order valence-electron chi connectivity index (χ1n) is 10.6. The number of aryl methyl sites for hydroxylation is 2. The smallest absolute Gasteiger partial charge is 0.181 e. The molecule has 0 amide bonds. The molecule has 2 aliphatic heterocycles. The van der Waals surface area contributed by atoms with Crippen LogP contribution in [0.25, 0.3) is 22.6 Å². The van der Waals surface area contributed by atoms with Crippen LogP contribution >= 0.6 is 0 Å². The summed E-state index contributed by atoms with van der Waals surface area (Å²) in [5.41, 5.74) is 1.85. The number of halogens is 1. The van der Waals surface area contributed by atoms with Crippen molar-refractivity contribution in [2.24, 2.45) is 7.05 Å². The maximum Gasteiger partial charge on any atom is 0.181 e. The molecule has 2 aromatic heterocycles. The molecule has 1 aromatic carbocycles. The van der Waals surface area contributed by atoms with Gasteiger partial charge in [0.15, 0.2) is 5.82 Å². The predicted molar refractivity (Wildman–Crippen MR) is 116 cm³/mol. The monoisotopic (exact) mass is 423 g/mol. The number of hydrogen-bond donors (Lipinski definition) is 2. The lowest BCUT2D eigenvalue weighted by molar-refractivity contribution is 0.176. The molecule has 2 bridgehead atoms. The summed E-state index contributed by atoms with van der Waals surface area (Å²) >= 11 is 0. The SMILES string of the molecule is Cc1nc(-c2ccc(-c3cnc(N(C)[C@H]4C[C@@H]5CC[C@@H](N5)[C@H]4F)cn3)c(O)c2)nn1C. The molecular weight excluding hydrogens is 397 g/mol. The molecule has 2 aliphatic rings. The molecule has 9 heteroatoms. The number of fused-ring (bicyclic) bond motifs is 2. The lowest BCUT2D eigenvalue weighted by Crippen LogP contribution is -2.55. The number of aromatic nitrogens is 5. The number of piperidine rings is 1. The first-order valence-corrected chi connectivity index (χ1v) is 10.6. The van der Waals surface area contributed by atoms with Gasteiger partial charge in [-0.3, -0.25) is 9.67 Å². The number of rotatable bonds is 4. The van der Waals surface area contributed by atoms with E-state index in [2.05, 4.69) is 25.4 Å². The Morgan fingerprint density at radius 3 is 2.74 bits per heavy atom. The molecule has 0 aliphatic carbocycles.